The van der Waals surface area contributed by atoms with Gasteiger partial charge >= 0.3 is 0 Å². The van der Waals surface area contributed by atoms with Crippen LogP contribution in [-0.4, -0.2) is 34.4 Å². The Bertz CT molecular complexity index is 828. The number of carbonyl (C=O) groups is 3. The number of benzene rings is 1. The molecule has 1 aromatic carbocycles. The minimum atomic E-state index is -1.53. The van der Waals surface area contributed by atoms with Crippen LogP contribution in [0.5, 0.6) is 0 Å². The van der Waals surface area contributed by atoms with Crippen LogP contribution >= 0.6 is 11.8 Å². The van der Waals surface area contributed by atoms with Gasteiger partial charge in [0.1, 0.15) is 5.82 Å². The molecule has 26 heavy (non-hydrogen) atoms. The Morgan fingerprint density at radius 2 is 2.08 bits per heavy atom. The Balaban J connectivity index is 2.13. The van der Waals surface area contributed by atoms with Crippen molar-refractivity contribution < 1.29 is 18.8 Å². The zero-order chi connectivity index (χ0) is 19.1. The number of nitrogens with zero attached hydrogens (tertiary/aromatic N) is 3. The van der Waals surface area contributed by atoms with Gasteiger partial charge < -0.3 is 10.2 Å². The number of carbonyl (C=O) groups excluding carboxylic acids is 3. The molecule has 7 nitrogen and oxygen atoms in total. The zero-order valence-electron chi connectivity index (χ0n) is 14.7. The molecule has 0 radical (unpaired) electrons. The van der Waals surface area contributed by atoms with Gasteiger partial charge in [0.05, 0.1) is 5.69 Å². The molecule has 0 bridgehead atoms. The van der Waals surface area contributed by atoms with Gasteiger partial charge in [-0.05, 0) is 36.4 Å². The molecule has 0 aromatic heterocycles. The normalized spacial score (nSPS) is 21.2. The van der Waals surface area contributed by atoms with Crippen LogP contribution in [0.15, 0.2) is 23.3 Å². The molecule has 0 aliphatic carbocycles. The number of amidine groups is 1. The third-order valence-corrected chi connectivity index (χ3v) is 5.44. The van der Waals surface area contributed by atoms with Gasteiger partial charge in [-0.1, -0.05) is 13.3 Å². The van der Waals surface area contributed by atoms with Crippen LogP contribution in [0.25, 0.3) is 0 Å². The molecule has 2 aliphatic rings. The van der Waals surface area contributed by atoms with E-state index in [1.165, 1.54) is 26.0 Å². The van der Waals surface area contributed by atoms with Crippen molar-refractivity contribution in [3.05, 3.63) is 29.6 Å². The molecule has 0 fully saturated rings. The average molecular weight is 378 g/mol. The molecule has 0 saturated carbocycles. The van der Waals surface area contributed by atoms with Gasteiger partial charge in [0.2, 0.25) is 16.7 Å². The number of fused-ring (bicyclic) bond motifs is 2. The second kappa shape index (κ2) is 6.71. The molecule has 138 valence electrons. The van der Waals surface area contributed by atoms with Crippen LogP contribution in [0.1, 0.15) is 39.2 Å². The lowest BCUT2D eigenvalue weighted by molar-refractivity contribution is -0.139. The number of hydrogen-bond acceptors (Lipinski definition) is 5. The number of thioether (sulfide) groups is 1. The lowest BCUT2D eigenvalue weighted by Crippen LogP contribution is -2.48. The predicted molar refractivity (Wildman–Crippen MR) is 96.7 cm³/mol. The molecule has 1 aromatic rings. The van der Waals surface area contributed by atoms with Gasteiger partial charge in [-0.25, -0.2) is 4.39 Å². The van der Waals surface area contributed by atoms with Crippen molar-refractivity contribution in [2.45, 2.75) is 38.5 Å². The zero-order valence-corrected chi connectivity index (χ0v) is 15.5. The number of hydrazone groups is 1. The maximum Gasteiger partial charge on any atom is 0.270 e. The number of hydrogen-bond donors (Lipinski definition) is 1. The first kappa shape index (κ1) is 18.4. The maximum atomic E-state index is 14.0. The largest absolute Gasteiger partial charge is 0.309 e. The number of anilines is 1. The minimum Gasteiger partial charge on any atom is -0.309 e. The Labute approximate surface area is 154 Å². The monoisotopic (exact) mass is 378 g/mol. The minimum absolute atomic E-state index is 0.133. The highest BCUT2D eigenvalue weighted by molar-refractivity contribution is 8.15. The van der Waals surface area contributed by atoms with E-state index in [4.69, 9.17) is 0 Å². The Morgan fingerprint density at radius 3 is 2.69 bits per heavy atom. The maximum absolute atomic E-state index is 14.0. The summed E-state index contributed by atoms with van der Waals surface area (Å²) in [5, 5.41) is 7.81. The summed E-state index contributed by atoms with van der Waals surface area (Å²) in [6.07, 6.45) is 1.65. The summed E-state index contributed by atoms with van der Waals surface area (Å²) in [7, 11) is 0. The molecule has 3 rings (SSSR count). The van der Waals surface area contributed by atoms with E-state index in [0.29, 0.717) is 17.8 Å². The quantitative estimate of drug-likeness (QED) is 0.874. The second-order valence-electron chi connectivity index (χ2n) is 6.14. The van der Waals surface area contributed by atoms with E-state index in [1.807, 2.05) is 6.92 Å². The highest BCUT2D eigenvalue weighted by atomic mass is 32.2. The summed E-state index contributed by atoms with van der Waals surface area (Å²) < 4.78 is 14.0. The molecule has 1 spiro atoms. The first-order valence-electron chi connectivity index (χ1n) is 8.29. The van der Waals surface area contributed by atoms with Gasteiger partial charge in [0.25, 0.3) is 5.91 Å². The molecule has 9 heteroatoms. The van der Waals surface area contributed by atoms with Crippen molar-refractivity contribution in [1.29, 1.82) is 0 Å². The highest BCUT2D eigenvalue weighted by Gasteiger charge is 2.61. The van der Waals surface area contributed by atoms with E-state index in [9.17, 15) is 18.8 Å². The van der Waals surface area contributed by atoms with Crippen molar-refractivity contribution >= 4 is 40.3 Å². The van der Waals surface area contributed by atoms with Crippen molar-refractivity contribution in [3.63, 3.8) is 0 Å². The second-order valence-corrected chi connectivity index (χ2v) is 7.32. The molecule has 0 saturated heterocycles. The van der Waals surface area contributed by atoms with Crippen LogP contribution < -0.4 is 10.2 Å². The Morgan fingerprint density at radius 1 is 1.35 bits per heavy atom. The van der Waals surface area contributed by atoms with Crippen LogP contribution in [0.4, 0.5) is 10.1 Å². The van der Waals surface area contributed by atoms with E-state index in [2.05, 4.69) is 10.4 Å². The van der Waals surface area contributed by atoms with Crippen molar-refractivity contribution in [2.75, 3.05) is 11.4 Å². The van der Waals surface area contributed by atoms with Gasteiger partial charge in [0, 0.05) is 26.0 Å². The first-order chi connectivity index (χ1) is 12.3. The molecule has 2 heterocycles. The smallest absolute Gasteiger partial charge is 0.270 e. The summed E-state index contributed by atoms with van der Waals surface area (Å²) in [5.74, 6) is -1.72. The van der Waals surface area contributed by atoms with Crippen LogP contribution in [0, 0.1) is 5.82 Å². The Hall–Kier alpha value is -2.42. The number of amides is 3. The summed E-state index contributed by atoms with van der Waals surface area (Å²) in [5.41, 5.74) is 0.922. The number of unbranched alkanes of at least 4 members (excludes halogenated alkanes) is 1. The fraction of sp³-hybridized carbons (Fsp3) is 0.412. The van der Waals surface area contributed by atoms with E-state index in [-0.39, 0.29) is 17.0 Å². The number of rotatable bonds is 3. The fourth-order valence-electron chi connectivity index (χ4n) is 3.12. The summed E-state index contributed by atoms with van der Waals surface area (Å²) in [6, 6.07) is 4.09. The van der Waals surface area contributed by atoms with Crippen molar-refractivity contribution in [3.8, 4) is 0 Å². The van der Waals surface area contributed by atoms with E-state index < -0.39 is 16.6 Å². The summed E-state index contributed by atoms with van der Waals surface area (Å²) >= 11 is 0.947. The summed E-state index contributed by atoms with van der Waals surface area (Å²) in [6.45, 7) is 5.05. The SMILES string of the molecule is CCCCN1C(=O)C2(SC(NC(C)=O)=NN2C(C)=O)c2cc(F)ccc21. The van der Waals surface area contributed by atoms with Gasteiger partial charge in [-0.15, -0.1) is 5.10 Å². The molecule has 1 unspecified atom stereocenters. The molecular formula is C17H19FN4O3S. The lowest BCUT2D eigenvalue weighted by Gasteiger charge is -2.29. The van der Waals surface area contributed by atoms with Crippen LogP contribution in [0.2, 0.25) is 0 Å². The summed E-state index contributed by atoms with van der Waals surface area (Å²) in [4.78, 5) is 37.0. The first-order valence-corrected chi connectivity index (χ1v) is 9.11. The van der Waals surface area contributed by atoms with E-state index in [0.717, 1.165) is 29.6 Å². The van der Waals surface area contributed by atoms with Crippen molar-refractivity contribution in [1.82, 2.24) is 10.3 Å². The van der Waals surface area contributed by atoms with E-state index >= 15 is 0 Å². The Kier molecular flexibility index (Phi) is 4.74. The molecular weight excluding hydrogens is 359 g/mol. The third-order valence-electron chi connectivity index (χ3n) is 4.20. The fourth-order valence-corrected chi connectivity index (χ4v) is 4.45. The molecule has 3 amide bonds. The van der Waals surface area contributed by atoms with Gasteiger partial charge in [0.15, 0.2) is 5.17 Å². The number of nitrogens with one attached hydrogen (secondary N) is 1. The highest BCUT2D eigenvalue weighted by Crippen LogP contribution is 2.54. The van der Waals surface area contributed by atoms with Gasteiger partial charge in [-0.3, -0.25) is 14.4 Å². The molecule has 1 atom stereocenters. The van der Waals surface area contributed by atoms with Crippen LogP contribution in [0.3, 0.4) is 0 Å². The molecule has 1 N–H and O–H groups in total. The molecule has 2 aliphatic heterocycles. The third kappa shape index (κ3) is 2.76. The average Bonchev–Trinajstić information content (AvgIpc) is 3.04. The van der Waals surface area contributed by atoms with Gasteiger partial charge in [-0.2, -0.15) is 5.01 Å². The van der Waals surface area contributed by atoms with E-state index in [1.54, 1.807) is 11.0 Å². The van der Waals surface area contributed by atoms with Crippen LogP contribution in [-0.2, 0) is 19.3 Å². The standard InChI is InChI=1S/C17H19FN4O3S/c1-4-5-8-21-14-7-6-12(18)9-13(14)17(15(21)25)22(11(3)24)20-16(26-17)19-10(2)23/h6-7,9H,4-5,8H2,1-3H3,(H,19,20,23). The number of halogens is 1. The predicted octanol–water partition coefficient (Wildman–Crippen LogP) is 2.13. The van der Waals surface area contributed by atoms with Crippen molar-refractivity contribution in [2.24, 2.45) is 5.10 Å². The topological polar surface area (TPSA) is 82.1 Å². The lowest BCUT2D eigenvalue weighted by atomic mass is 10.1.